The fraction of sp³-hybridized carbons (Fsp3) is 0.316. The summed E-state index contributed by atoms with van der Waals surface area (Å²) in [4.78, 5) is 14.2. The quantitative estimate of drug-likeness (QED) is 0.626. The van der Waals surface area contributed by atoms with Crippen molar-refractivity contribution in [2.75, 3.05) is 26.9 Å². The molecule has 7 heteroatoms. The molecule has 2 aromatic carbocycles. The normalized spacial score (nSPS) is 11.4. The van der Waals surface area contributed by atoms with E-state index in [0.29, 0.717) is 5.75 Å². The Labute approximate surface area is 170 Å². The van der Waals surface area contributed by atoms with Gasteiger partial charge in [-0.2, -0.15) is 0 Å². The predicted octanol–water partition coefficient (Wildman–Crippen LogP) is 5.27. The Morgan fingerprint density at radius 2 is 1.77 bits per heavy atom. The first-order valence-electron chi connectivity index (χ1n) is 8.04. The zero-order valence-electron chi connectivity index (χ0n) is 15.1. The van der Waals surface area contributed by atoms with Gasteiger partial charge in [0.05, 0.1) is 0 Å². The van der Waals surface area contributed by atoms with Crippen molar-refractivity contribution in [3.05, 3.63) is 59.1 Å². The van der Waals surface area contributed by atoms with Gasteiger partial charge in [-0.1, -0.05) is 23.7 Å². The fourth-order valence-electron chi connectivity index (χ4n) is 2.26. The van der Waals surface area contributed by atoms with Gasteiger partial charge in [-0.05, 0) is 61.2 Å². The predicted molar refractivity (Wildman–Crippen MR) is 112 cm³/mol. The minimum Gasteiger partial charge on any atom is -0.410 e. The summed E-state index contributed by atoms with van der Waals surface area (Å²) in [5.74, 6) is 1.54. The summed E-state index contributed by atoms with van der Waals surface area (Å²) < 4.78 is 5.24. The smallest absolute Gasteiger partial charge is 0.410 e. The van der Waals surface area contributed by atoms with Crippen LogP contribution in [0, 0.1) is 0 Å². The molecule has 0 radical (unpaired) electrons. The summed E-state index contributed by atoms with van der Waals surface area (Å²) in [6.45, 7) is 0. The lowest BCUT2D eigenvalue weighted by Crippen LogP contribution is -2.25. The van der Waals surface area contributed by atoms with E-state index in [0.717, 1.165) is 17.2 Å². The van der Waals surface area contributed by atoms with E-state index in [4.69, 9.17) is 16.3 Å². The van der Waals surface area contributed by atoms with Gasteiger partial charge < -0.3 is 15.0 Å². The summed E-state index contributed by atoms with van der Waals surface area (Å²) in [6.07, 6.45) is 0.609. The lowest BCUT2D eigenvalue weighted by molar-refractivity contribution is 0.172. The fourth-order valence-corrected chi connectivity index (χ4v) is 3.31. The number of hydrogen-bond donors (Lipinski definition) is 1. The lowest BCUT2D eigenvalue weighted by atomic mass is 10.0. The van der Waals surface area contributed by atoms with Gasteiger partial charge in [0.2, 0.25) is 0 Å². The van der Waals surface area contributed by atoms with Crippen LogP contribution in [0.2, 0.25) is 5.02 Å². The molecule has 0 heterocycles. The van der Waals surface area contributed by atoms with Crippen LogP contribution in [0.25, 0.3) is 0 Å². The average Bonchev–Trinajstić information content (AvgIpc) is 2.61. The highest BCUT2D eigenvalue weighted by Gasteiger charge is 2.11. The molecule has 0 fully saturated rings. The molecule has 2 rings (SSSR count). The van der Waals surface area contributed by atoms with Crippen LogP contribution in [0.4, 0.5) is 4.79 Å². The van der Waals surface area contributed by atoms with Crippen LogP contribution in [0.3, 0.4) is 0 Å². The average molecular weight is 415 g/mol. The number of hydrogen-bond acceptors (Lipinski definition) is 4. The molecule has 0 bridgehead atoms. The second-order valence-corrected chi connectivity index (χ2v) is 7.37. The summed E-state index contributed by atoms with van der Waals surface area (Å²) >= 11 is 7.72. The van der Waals surface area contributed by atoms with Gasteiger partial charge in [-0.15, -0.1) is 24.2 Å². The summed E-state index contributed by atoms with van der Waals surface area (Å²) in [5, 5.41) is 4.10. The first kappa shape index (κ1) is 22.6. The topological polar surface area (TPSA) is 41.6 Å². The Morgan fingerprint density at radius 3 is 2.31 bits per heavy atom. The molecule has 1 atom stereocenters. The SMILES string of the molecule is CNC(CCSc1ccc(Cl)cc1)c1ccc(OC(=O)N(C)C)cc1.Cl. The zero-order chi connectivity index (χ0) is 18.2. The third-order valence-corrected chi connectivity index (χ3v) is 4.99. The van der Waals surface area contributed by atoms with E-state index in [9.17, 15) is 4.79 Å². The maximum absolute atomic E-state index is 11.6. The highest BCUT2D eigenvalue weighted by molar-refractivity contribution is 7.99. The van der Waals surface area contributed by atoms with E-state index in [1.165, 1.54) is 15.4 Å². The largest absolute Gasteiger partial charge is 0.414 e. The number of nitrogens with zero attached hydrogens (tertiary/aromatic N) is 1. The van der Waals surface area contributed by atoms with Crippen molar-refractivity contribution in [1.82, 2.24) is 10.2 Å². The molecule has 4 nitrogen and oxygen atoms in total. The Hall–Kier alpha value is -1.40. The molecule has 26 heavy (non-hydrogen) atoms. The van der Waals surface area contributed by atoms with Gasteiger partial charge in [0.25, 0.3) is 0 Å². The molecule has 2 aromatic rings. The van der Waals surface area contributed by atoms with E-state index in [-0.39, 0.29) is 24.5 Å². The second kappa shape index (κ2) is 11.3. The van der Waals surface area contributed by atoms with Crippen LogP contribution < -0.4 is 10.1 Å². The van der Waals surface area contributed by atoms with Gasteiger partial charge in [0, 0.05) is 30.1 Å². The van der Waals surface area contributed by atoms with Gasteiger partial charge >= 0.3 is 6.09 Å². The van der Waals surface area contributed by atoms with Crippen molar-refractivity contribution < 1.29 is 9.53 Å². The van der Waals surface area contributed by atoms with Gasteiger partial charge in [-0.25, -0.2) is 4.79 Å². The van der Waals surface area contributed by atoms with E-state index < -0.39 is 0 Å². The number of thioether (sulfide) groups is 1. The molecule has 142 valence electrons. The maximum Gasteiger partial charge on any atom is 0.414 e. The highest BCUT2D eigenvalue weighted by Crippen LogP contribution is 2.26. The van der Waals surface area contributed by atoms with Crippen LogP contribution in [0.15, 0.2) is 53.4 Å². The van der Waals surface area contributed by atoms with E-state index in [1.807, 2.05) is 67.3 Å². The van der Waals surface area contributed by atoms with E-state index in [1.54, 1.807) is 14.1 Å². The number of ether oxygens (including phenoxy) is 1. The Morgan fingerprint density at radius 1 is 1.15 bits per heavy atom. The molecule has 0 saturated carbocycles. The molecule has 0 spiro atoms. The number of carbonyl (C=O) groups is 1. The molecule has 1 amide bonds. The summed E-state index contributed by atoms with van der Waals surface area (Å²) in [7, 11) is 5.27. The minimum atomic E-state index is -0.378. The standard InChI is InChI=1S/C19H23ClN2O2S.ClH/c1-21-18(12-13-25-17-10-6-15(20)7-11-17)14-4-8-16(9-5-14)24-19(23)22(2)3;/h4-11,18,21H,12-13H2,1-3H3;1H. The molecule has 0 aromatic heterocycles. The Bertz CT molecular complexity index is 679. The number of carbonyl (C=O) groups excluding carboxylic acids is 1. The number of rotatable bonds is 7. The third kappa shape index (κ3) is 7.08. The maximum atomic E-state index is 11.6. The van der Waals surface area contributed by atoms with Crippen LogP contribution in [0.1, 0.15) is 18.0 Å². The van der Waals surface area contributed by atoms with Crippen molar-refractivity contribution in [3.63, 3.8) is 0 Å². The monoisotopic (exact) mass is 414 g/mol. The minimum absolute atomic E-state index is 0. The molecule has 1 N–H and O–H groups in total. The van der Waals surface area contributed by atoms with Crippen molar-refractivity contribution in [1.29, 1.82) is 0 Å². The molecule has 0 aliphatic rings. The van der Waals surface area contributed by atoms with Crippen molar-refractivity contribution in [2.45, 2.75) is 17.4 Å². The van der Waals surface area contributed by atoms with Gasteiger partial charge in [-0.3, -0.25) is 0 Å². The van der Waals surface area contributed by atoms with E-state index in [2.05, 4.69) is 5.32 Å². The molecular weight excluding hydrogens is 391 g/mol. The van der Waals surface area contributed by atoms with Crippen LogP contribution in [-0.4, -0.2) is 37.9 Å². The molecular formula is C19H24Cl2N2O2S. The van der Waals surface area contributed by atoms with Crippen LogP contribution >= 0.6 is 35.8 Å². The summed E-state index contributed by atoms with van der Waals surface area (Å²) in [5.41, 5.74) is 1.17. The first-order chi connectivity index (χ1) is 12.0. The number of halogens is 2. The number of amides is 1. The van der Waals surface area contributed by atoms with Crippen molar-refractivity contribution in [2.24, 2.45) is 0 Å². The zero-order valence-corrected chi connectivity index (χ0v) is 17.5. The lowest BCUT2D eigenvalue weighted by Gasteiger charge is -2.17. The molecule has 0 aliphatic carbocycles. The molecule has 1 unspecified atom stereocenters. The van der Waals surface area contributed by atoms with Gasteiger partial charge in [0.15, 0.2) is 0 Å². The second-order valence-electron chi connectivity index (χ2n) is 5.76. The van der Waals surface area contributed by atoms with Crippen molar-refractivity contribution in [3.8, 4) is 5.75 Å². The Balaban J connectivity index is 0.00000338. The molecule has 0 saturated heterocycles. The van der Waals surface area contributed by atoms with Gasteiger partial charge in [0.1, 0.15) is 5.75 Å². The first-order valence-corrected chi connectivity index (χ1v) is 9.40. The number of nitrogens with one attached hydrogen (secondary N) is 1. The number of benzene rings is 2. The third-order valence-electron chi connectivity index (χ3n) is 3.69. The highest BCUT2D eigenvalue weighted by atomic mass is 35.5. The van der Waals surface area contributed by atoms with Crippen LogP contribution in [0.5, 0.6) is 5.75 Å². The van der Waals surface area contributed by atoms with Crippen molar-refractivity contribution >= 4 is 41.9 Å². The summed E-state index contributed by atoms with van der Waals surface area (Å²) in [6, 6.07) is 15.8. The molecule has 0 aliphatic heterocycles. The van der Waals surface area contributed by atoms with Crippen LogP contribution in [-0.2, 0) is 0 Å². The Kier molecular flexibility index (Phi) is 9.88. The van der Waals surface area contributed by atoms with E-state index >= 15 is 0 Å².